The number of aliphatic hydroxyl groups is 1. The lowest BCUT2D eigenvalue weighted by Crippen LogP contribution is -2.62. The molecule has 0 saturated carbocycles. The second kappa shape index (κ2) is 38.1. The number of hydrogen-bond acceptors (Lipinski definition) is 18. The van der Waals surface area contributed by atoms with Gasteiger partial charge in [0, 0.05) is 74.7 Å². The first-order valence-electron chi connectivity index (χ1n) is 30.8. The number of carboxylic acid groups (broad SMARTS) is 2. The van der Waals surface area contributed by atoms with Crippen molar-refractivity contribution in [3.05, 3.63) is 84.1 Å². The number of carbonyl (C=O) groups is 12. The predicted octanol–water partition coefficient (Wildman–Crippen LogP) is -3.10. The molecule has 35 heteroatoms. The fourth-order valence-electron chi connectivity index (χ4n) is 9.84. The van der Waals surface area contributed by atoms with Gasteiger partial charge in [0.25, 0.3) is 11.9 Å². The van der Waals surface area contributed by atoms with Crippen LogP contribution in [0.5, 0.6) is 5.75 Å². The Labute approximate surface area is 552 Å². The van der Waals surface area contributed by atoms with Crippen LogP contribution in [0.3, 0.4) is 0 Å². The van der Waals surface area contributed by atoms with E-state index in [4.69, 9.17) is 37.6 Å². The number of aromatic nitrogens is 3. The van der Waals surface area contributed by atoms with Crippen LogP contribution in [0.25, 0.3) is 10.9 Å². The number of likely N-dealkylation sites (tertiary alicyclic amines) is 1. The number of imidazole rings is 1. The molecular formula is C61H90N18O17. The Kier molecular flexibility index (Phi) is 30.9. The molecule has 35 nitrogen and oxygen atoms in total. The predicted molar refractivity (Wildman–Crippen MR) is 346 cm³/mol. The summed E-state index contributed by atoms with van der Waals surface area (Å²) >= 11 is 0. The molecular weight excluding hydrogens is 1260 g/mol. The molecule has 1 fully saturated rings. The summed E-state index contributed by atoms with van der Waals surface area (Å²) < 4.78 is 6.02. The number of carbonyl (C=O) groups excluding carboxylic acids is 10. The van der Waals surface area contributed by atoms with Gasteiger partial charge in [-0.05, 0) is 94.5 Å². The number of aliphatic carboxylic acids is 2. The number of phenolic OH excluding ortho intramolecular Hbond substituents is 1. The van der Waals surface area contributed by atoms with Gasteiger partial charge in [-0.2, -0.15) is 0 Å². The number of H-pyrrole nitrogens is 2. The number of nitrogens with one attached hydrogen (secondary N) is 11. The Morgan fingerprint density at radius 2 is 1.26 bits per heavy atom. The number of aliphatic hydroxyl groups excluding tert-OH is 1. The summed E-state index contributed by atoms with van der Waals surface area (Å²) in [6, 6.07) is -1.53. The van der Waals surface area contributed by atoms with Crippen LogP contribution in [0.15, 0.2) is 72.2 Å². The Balaban J connectivity index is 0.00000476. The van der Waals surface area contributed by atoms with Crippen LogP contribution in [0.1, 0.15) is 103 Å². The zero-order valence-corrected chi connectivity index (χ0v) is 54.3. The normalized spacial score (nSPS) is 15.2. The van der Waals surface area contributed by atoms with E-state index in [0.29, 0.717) is 34.1 Å². The number of guanidine groups is 1. The van der Waals surface area contributed by atoms with Gasteiger partial charge < -0.3 is 100 Å². The highest BCUT2D eigenvalue weighted by atomic mass is 16.5. The zero-order chi connectivity index (χ0) is 71.4. The lowest BCUT2D eigenvalue weighted by Gasteiger charge is -2.31. The van der Waals surface area contributed by atoms with Crippen molar-refractivity contribution in [2.24, 2.45) is 33.8 Å². The Bertz CT molecular complexity index is 3330. The Morgan fingerprint density at radius 3 is 1.84 bits per heavy atom. The van der Waals surface area contributed by atoms with Crippen LogP contribution in [-0.2, 0) is 76.7 Å². The van der Waals surface area contributed by atoms with Crippen molar-refractivity contribution < 1.29 is 82.7 Å². The SMILES string of the molecule is CC(=O)O.CC(C)C[C@H](NC(=O)[C@@H](COC(C)(C)C)NC(=O)[C@H](Cc1ccc(O)cc1)NC(=O)[C@H](CO)NC(=O)[C@H](Cc1c[nH]c2ccccc12)NC(=O)[C@H](Cc1cnc[nH]1)NC(=O)[C@@H](N)CCC(=O)O)C(=O)N[C@@H](CCCN=C(N)N)C(=O)N1CCC[C@H]1C(=O)NNC(N)=O. The standard InChI is InChI=1S/C59H86N18O15.C2H4O2/c1-31(2)22-40(49(83)68-39(12-8-20-65-57(61)62)56(90)77-21-9-13-46(77)55(89)75-76-58(63)91)70-54(88)45(29-92-59(3,4)5)74-50(84)41(23-32-14-16-35(79)17-15-32)71-53(87)44(28-78)73-51(85)42(24-33-26-66-38-11-7-6-10-36(33)38)72-52(86)43(25-34-27-64-30-67-34)69-48(82)37(60)18-19-47(80)81;1-2(3)4/h6-7,10-11,14-17,26-27,30-31,37,39-46,66,78-79H,8-9,12-13,18-25,28-29,60H2,1-5H3,(H,64,67)(H,68,83)(H,69,82)(H,70,88)(H,71,87)(H,72,86)(H,73,85)(H,74,84)(H,75,89)(H,80,81)(H4,61,62,65)(H3,63,76,91);1H3,(H,3,4)/t37-,39-,40-,41-,42-,43-,44-,45+,46-;/m0./s1. The molecule has 0 aliphatic carbocycles. The number of hydrazine groups is 1. The maximum Gasteiger partial charge on any atom is 0.330 e. The number of nitrogens with two attached hydrogens (primary N) is 4. The average molecular weight is 1350 g/mol. The number of rotatable bonds is 34. The van der Waals surface area contributed by atoms with E-state index < -0.39 is 151 Å². The topological polar surface area (TPSA) is 567 Å². The van der Waals surface area contributed by atoms with Gasteiger partial charge in [0.05, 0.1) is 31.2 Å². The van der Waals surface area contributed by atoms with Gasteiger partial charge in [-0.1, -0.05) is 44.2 Å². The number of fused-ring (bicyclic) bond motifs is 1. The molecule has 9 atom stereocenters. The van der Waals surface area contributed by atoms with E-state index in [2.05, 4.69) is 62.6 Å². The number of nitrogens with zero attached hydrogens (tertiary/aromatic N) is 3. The molecule has 0 radical (unpaired) electrons. The van der Waals surface area contributed by atoms with Crippen LogP contribution in [0, 0.1) is 5.92 Å². The highest BCUT2D eigenvalue weighted by Gasteiger charge is 2.40. The van der Waals surface area contributed by atoms with Crippen molar-refractivity contribution in [1.82, 2.24) is 67.9 Å². The largest absolute Gasteiger partial charge is 0.508 e. The number of aromatic amines is 2. The molecule has 2 aromatic carbocycles. The molecule has 4 aromatic rings. The first kappa shape index (κ1) is 78.0. The van der Waals surface area contributed by atoms with E-state index in [1.807, 2.05) is 5.43 Å². The number of ether oxygens (including phenoxy) is 1. The van der Waals surface area contributed by atoms with Crippen molar-refractivity contribution in [2.75, 3.05) is 26.3 Å². The molecule has 0 bridgehead atoms. The van der Waals surface area contributed by atoms with Crippen LogP contribution in [0.2, 0.25) is 0 Å². The molecule has 0 unspecified atom stereocenters. The minimum absolute atomic E-state index is 0.00580. The molecule has 3 heterocycles. The van der Waals surface area contributed by atoms with E-state index >= 15 is 0 Å². The minimum atomic E-state index is -1.83. The van der Waals surface area contributed by atoms with E-state index in [1.165, 1.54) is 41.7 Å². The zero-order valence-electron chi connectivity index (χ0n) is 54.3. The summed E-state index contributed by atoms with van der Waals surface area (Å²) in [6.07, 6.45) is 3.62. The lowest BCUT2D eigenvalue weighted by molar-refractivity contribution is -0.142. The summed E-state index contributed by atoms with van der Waals surface area (Å²) in [5, 5.41) is 56.5. The third kappa shape index (κ3) is 26.9. The Hall–Kier alpha value is -10.4. The first-order valence-corrected chi connectivity index (χ1v) is 30.8. The third-order valence-corrected chi connectivity index (χ3v) is 14.5. The third-order valence-electron chi connectivity index (χ3n) is 14.5. The van der Waals surface area contributed by atoms with Crippen molar-refractivity contribution in [1.29, 1.82) is 0 Å². The van der Waals surface area contributed by atoms with Crippen LogP contribution < -0.4 is 71.0 Å². The van der Waals surface area contributed by atoms with Crippen LogP contribution in [0.4, 0.5) is 4.79 Å². The van der Waals surface area contributed by atoms with Crippen LogP contribution >= 0.6 is 0 Å². The van der Waals surface area contributed by atoms with Gasteiger partial charge in [-0.3, -0.25) is 63.2 Å². The number of aromatic hydroxyl groups is 1. The first-order chi connectivity index (χ1) is 45.2. The van der Waals surface area contributed by atoms with Crippen molar-refractivity contribution in [3.8, 4) is 5.75 Å². The highest BCUT2D eigenvalue weighted by molar-refractivity contribution is 5.99. The number of urea groups is 1. The fraction of sp³-hybridized carbons (Fsp3) is 0.508. The number of amides is 11. The molecule has 5 rings (SSSR count). The summed E-state index contributed by atoms with van der Waals surface area (Å²) in [6.45, 7) is 8.26. The molecule has 96 heavy (non-hydrogen) atoms. The van der Waals surface area contributed by atoms with Gasteiger partial charge in [-0.25, -0.2) is 15.2 Å². The number of primary amides is 1. The quantitative estimate of drug-likeness (QED) is 0.00953. The van der Waals surface area contributed by atoms with Crippen LogP contribution in [-0.4, -0.2) is 204 Å². The van der Waals surface area contributed by atoms with Crippen molar-refractivity contribution in [2.45, 2.75) is 166 Å². The van der Waals surface area contributed by atoms with Gasteiger partial charge in [0.15, 0.2) is 5.96 Å². The van der Waals surface area contributed by atoms with Crippen molar-refractivity contribution in [3.63, 3.8) is 0 Å². The second-order valence-electron chi connectivity index (χ2n) is 24.1. The van der Waals surface area contributed by atoms with E-state index in [9.17, 15) is 68.1 Å². The molecule has 11 amide bonds. The molecule has 1 aliphatic rings. The number of aliphatic imine (C=N–C) groups is 1. The Morgan fingerprint density at radius 1 is 0.708 bits per heavy atom. The number of hydrogen-bond donors (Lipinski definition) is 19. The fourth-order valence-corrected chi connectivity index (χ4v) is 9.84. The second-order valence-corrected chi connectivity index (χ2v) is 24.1. The maximum atomic E-state index is 14.8. The summed E-state index contributed by atoms with van der Waals surface area (Å²) in [5.41, 5.74) is 27.4. The minimum Gasteiger partial charge on any atom is -0.508 e. The van der Waals surface area contributed by atoms with E-state index in [-0.39, 0.29) is 82.1 Å². The maximum absolute atomic E-state index is 14.8. The monoisotopic (exact) mass is 1350 g/mol. The number of carboxylic acids is 2. The van der Waals surface area contributed by atoms with Gasteiger partial charge in [-0.15, -0.1) is 0 Å². The van der Waals surface area contributed by atoms with E-state index in [1.54, 1.807) is 65.1 Å². The van der Waals surface area contributed by atoms with Crippen molar-refractivity contribution >= 4 is 88.0 Å². The molecule has 1 saturated heterocycles. The average Bonchev–Trinajstić information content (AvgIpc) is 1.58. The van der Waals surface area contributed by atoms with E-state index in [0.717, 1.165) is 6.92 Å². The molecule has 23 N–H and O–H groups in total. The van der Waals surface area contributed by atoms with Gasteiger partial charge in [0.2, 0.25) is 47.3 Å². The summed E-state index contributed by atoms with van der Waals surface area (Å²) in [5.74, 6) is -10.7. The molecule has 2 aromatic heterocycles. The summed E-state index contributed by atoms with van der Waals surface area (Å²) in [4.78, 5) is 175. The summed E-state index contributed by atoms with van der Waals surface area (Å²) in [7, 11) is 0. The highest BCUT2D eigenvalue weighted by Crippen LogP contribution is 2.22. The molecule has 1 aliphatic heterocycles. The van der Waals surface area contributed by atoms with Gasteiger partial charge in [0.1, 0.15) is 54.1 Å². The smallest absolute Gasteiger partial charge is 0.330 e. The number of phenols is 1. The van der Waals surface area contributed by atoms with Gasteiger partial charge >= 0.3 is 12.0 Å². The lowest BCUT2D eigenvalue weighted by atomic mass is 10.0. The number of benzene rings is 2. The molecule has 526 valence electrons. The number of para-hydroxylation sites is 1. The molecule has 0 spiro atoms.